The lowest BCUT2D eigenvalue weighted by Crippen LogP contribution is -2.41. The predicted octanol–water partition coefficient (Wildman–Crippen LogP) is 1.18. The molecule has 0 spiro atoms. The number of ether oxygens (including phenoxy) is 3. The van der Waals surface area contributed by atoms with Gasteiger partial charge in [0.05, 0.1) is 12.7 Å². The van der Waals surface area contributed by atoms with Gasteiger partial charge in [-0.15, -0.1) is 0 Å². The van der Waals surface area contributed by atoms with Crippen LogP contribution >= 0.6 is 0 Å². The first-order valence-electron chi connectivity index (χ1n) is 6.86. The second kappa shape index (κ2) is 7.64. The minimum absolute atomic E-state index is 0.121. The third-order valence-corrected chi connectivity index (χ3v) is 3.29. The molecule has 6 nitrogen and oxygen atoms in total. The van der Waals surface area contributed by atoms with Crippen molar-refractivity contribution in [1.82, 2.24) is 5.32 Å². The highest BCUT2D eigenvalue weighted by atomic mass is 16.5. The molecular weight excluding hydrogens is 274 g/mol. The Morgan fingerprint density at radius 2 is 2.19 bits per heavy atom. The summed E-state index contributed by atoms with van der Waals surface area (Å²) < 4.78 is 15.7. The molecule has 1 heterocycles. The van der Waals surface area contributed by atoms with Crippen LogP contribution in [0, 0.1) is 0 Å². The molecule has 114 valence electrons. The van der Waals surface area contributed by atoms with E-state index in [1.807, 2.05) is 0 Å². The summed E-state index contributed by atoms with van der Waals surface area (Å²) in [7, 11) is 1.52. The second-order valence-electron chi connectivity index (χ2n) is 4.76. The van der Waals surface area contributed by atoms with Gasteiger partial charge in [-0.1, -0.05) is 0 Å². The van der Waals surface area contributed by atoms with E-state index in [2.05, 4.69) is 5.32 Å². The van der Waals surface area contributed by atoms with Crippen LogP contribution in [0.2, 0.25) is 0 Å². The van der Waals surface area contributed by atoms with E-state index >= 15 is 0 Å². The van der Waals surface area contributed by atoms with E-state index < -0.39 is 0 Å². The standard InChI is InChI=1S/C15H19NO5/c1-19-13-2-3-14(11(8-13)9-17)21-10-15(18)16-12-4-6-20-7-5-12/h2-3,8-9,12H,4-7,10H2,1H3,(H,16,18). The molecule has 1 saturated heterocycles. The molecule has 1 aromatic rings. The van der Waals surface area contributed by atoms with E-state index in [-0.39, 0.29) is 18.6 Å². The van der Waals surface area contributed by atoms with E-state index in [4.69, 9.17) is 14.2 Å². The number of methoxy groups -OCH3 is 1. The number of rotatable bonds is 6. The summed E-state index contributed by atoms with van der Waals surface area (Å²) >= 11 is 0. The summed E-state index contributed by atoms with van der Waals surface area (Å²) in [5, 5.41) is 2.89. The first-order valence-corrected chi connectivity index (χ1v) is 6.86. The molecule has 1 N–H and O–H groups in total. The number of benzene rings is 1. The van der Waals surface area contributed by atoms with Crippen molar-refractivity contribution in [3.05, 3.63) is 23.8 Å². The Hall–Kier alpha value is -2.08. The summed E-state index contributed by atoms with van der Waals surface area (Å²) in [4.78, 5) is 22.8. The van der Waals surface area contributed by atoms with Gasteiger partial charge in [0.25, 0.3) is 5.91 Å². The predicted molar refractivity (Wildman–Crippen MR) is 75.9 cm³/mol. The van der Waals surface area contributed by atoms with Crippen LogP contribution in [0.5, 0.6) is 11.5 Å². The average molecular weight is 293 g/mol. The average Bonchev–Trinajstić information content (AvgIpc) is 2.53. The maximum absolute atomic E-state index is 11.8. The van der Waals surface area contributed by atoms with Gasteiger partial charge in [-0.25, -0.2) is 0 Å². The maximum Gasteiger partial charge on any atom is 0.258 e. The van der Waals surface area contributed by atoms with Crippen molar-refractivity contribution < 1.29 is 23.8 Å². The van der Waals surface area contributed by atoms with E-state index in [1.54, 1.807) is 18.2 Å². The van der Waals surface area contributed by atoms with Crippen LogP contribution in [0.3, 0.4) is 0 Å². The Morgan fingerprint density at radius 3 is 2.86 bits per heavy atom. The molecular formula is C15H19NO5. The fourth-order valence-corrected chi connectivity index (χ4v) is 2.13. The maximum atomic E-state index is 11.8. The zero-order valence-corrected chi connectivity index (χ0v) is 12.0. The number of hydrogen-bond donors (Lipinski definition) is 1. The molecule has 2 rings (SSSR count). The van der Waals surface area contributed by atoms with Crippen molar-refractivity contribution in [3.8, 4) is 11.5 Å². The van der Waals surface area contributed by atoms with Crippen molar-refractivity contribution in [2.45, 2.75) is 18.9 Å². The van der Waals surface area contributed by atoms with Crippen molar-refractivity contribution in [1.29, 1.82) is 0 Å². The van der Waals surface area contributed by atoms with Crippen LogP contribution in [0.15, 0.2) is 18.2 Å². The quantitative estimate of drug-likeness (QED) is 0.797. The molecule has 1 aromatic carbocycles. The van der Waals surface area contributed by atoms with E-state index in [1.165, 1.54) is 7.11 Å². The van der Waals surface area contributed by atoms with Gasteiger partial charge in [0, 0.05) is 19.3 Å². The molecule has 0 atom stereocenters. The number of carbonyl (C=O) groups is 2. The first kappa shape index (κ1) is 15.3. The van der Waals surface area contributed by atoms with Crippen molar-refractivity contribution in [2.24, 2.45) is 0 Å². The van der Waals surface area contributed by atoms with Crippen molar-refractivity contribution in [2.75, 3.05) is 26.9 Å². The van der Waals surface area contributed by atoms with Crippen molar-refractivity contribution in [3.63, 3.8) is 0 Å². The molecule has 0 aliphatic carbocycles. The van der Waals surface area contributed by atoms with Gasteiger partial charge in [-0.3, -0.25) is 9.59 Å². The Balaban J connectivity index is 1.87. The van der Waals surface area contributed by atoms with E-state index in [9.17, 15) is 9.59 Å². The van der Waals surface area contributed by atoms with Crippen LogP contribution in [0.25, 0.3) is 0 Å². The summed E-state index contributed by atoms with van der Waals surface area (Å²) in [5.74, 6) is 0.735. The zero-order valence-electron chi connectivity index (χ0n) is 12.0. The molecule has 21 heavy (non-hydrogen) atoms. The number of aldehydes is 1. The lowest BCUT2D eigenvalue weighted by molar-refractivity contribution is -0.124. The molecule has 0 bridgehead atoms. The highest BCUT2D eigenvalue weighted by Gasteiger charge is 2.16. The fraction of sp³-hybridized carbons (Fsp3) is 0.467. The van der Waals surface area contributed by atoms with Crippen molar-refractivity contribution >= 4 is 12.2 Å². The Labute approximate surface area is 123 Å². The zero-order chi connectivity index (χ0) is 15.1. The summed E-state index contributed by atoms with van der Waals surface area (Å²) in [6.07, 6.45) is 2.30. The molecule has 1 aliphatic heterocycles. The molecule has 1 fully saturated rings. The Kier molecular flexibility index (Phi) is 5.57. The number of hydrogen-bond acceptors (Lipinski definition) is 5. The van der Waals surface area contributed by atoms with E-state index in [0.29, 0.717) is 36.6 Å². The van der Waals surface area contributed by atoms with Gasteiger partial charge in [-0.05, 0) is 31.0 Å². The number of amides is 1. The SMILES string of the molecule is COc1ccc(OCC(=O)NC2CCOCC2)c(C=O)c1. The van der Waals surface area contributed by atoms with E-state index in [0.717, 1.165) is 12.8 Å². The highest BCUT2D eigenvalue weighted by Crippen LogP contribution is 2.22. The number of carbonyl (C=O) groups excluding carboxylic acids is 2. The monoisotopic (exact) mass is 293 g/mol. The van der Waals surface area contributed by atoms with Crippen LogP contribution in [-0.4, -0.2) is 45.2 Å². The molecule has 0 unspecified atom stereocenters. The topological polar surface area (TPSA) is 73.9 Å². The lowest BCUT2D eigenvalue weighted by atomic mass is 10.1. The first-order chi connectivity index (χ1) is 10.2. The second-order valence-corrected chi connectivity index (χ2v) is 4.76. The van der Waals surface area contributed by atoms with Gasteiger partial charge >= 0.3 is 0 Å². The minimum Gasteiger partial charge on any atom is -0.497 e. The third kappa shape index (κ3) is 4.46. The number of nitrogens with one attached hydrogen (secondary N) is 1. The summed E-state index contributed by atoms with van der Waals surface area (Å²) in [6, 6.07) is 5.00. The van der Waals surface area contributed by atoms with Crippen LogP contribution in [-0.2, 0) is 9.53 Å². The molecule has 0 saturated carbocycles. The largest absolute Gasteiger partial charge is 0.497 e. The van der Waals surface area contributed by atoms with Gasteiger partial charge < -0.3 is 19.5 Å². The van der Waals surface area contributed by atoms with Crippen LogP contribution in [0.4, 0.5) is 0 Å². The molecule has 6 heteroatoms. The molecule has 1 amide bonds. The molecule has 0 radical (unpaired) electrons. The normalized spacial score (nSPS) is 15.3. The summed E-state index contributed by atoms with van der Waals surface area (Å²) in [5.41, 5.74) is 0.355. The third-order valence-electron chi connectivity index (χ3n) is 3.29. The van der Waals surface area contributed by atoms with Gasteiger partial charge in [0.15, 0.2) is 12.9 Å². The molecule has 1 aliphatic rings. The lowest BCUT2D eigenvalue weighted by Gasteiger charge is -2.23. The Morgan fingerprint density at radius 1 is 1.43 bits per heavy atom. The van der Waals surface area contributed by atoms with Crippen LogP contribution < -0.4 is 14.8 Å². The molecule has 0 aromatic heterocycles. The highest BCUT2D eigenvalue weighted by molar-refractivity contribution is 5.81. The fourth-order valence-electron chi connectivity index (χ4n) is 2.13. The minimum atomic E-state index is -0.199. The van der Waals surface area contributed by atoms with Gasteiger partial charge in [0.2, 0.25) is 0 Å². The van der Waals surface area contributed by atoms with Gasteiger partial charge in [0.1, 0.15) is 11.5 Å². The smallest absolute Gasteiger partial charge is 0.258 e. The summed E-state index contributed by atoms with van der Waals surface area (Å²) in [6.45, 7) is 1.21. The van der Waals surface area contributed by atoms with Gasteiger partial charge in [-0.2, -0.15) is 0 Å². The van der Waals surface area contributed by atoms with Crippen LogP contribution in [0.1, 0.15) is 23.2 Å². The Bertz CT molecular complexity index is 497.